The highest BCUT2D eigenvalue weighted by Gasteiger charge is 2.44. The number of carbonyl (C=O) groups is 2. The third-order valence-corrected chi connectivity index (χ3v) is 6.96. The molecule has 1 aliphatic rings. The van der Waals surface area contributed by atoms with Crippen molar-refractivity contribution in [1.29, 1.82) is 0 Å². The fourth-order valence-corrected chi connectivity index (χ4v) is 5.02. The molecule has 12 heteroatoms. The summed E-state index contributed by atoms with van der Waals surface area (Å²) in [6, 6.07) is 9.97. The molecule has 1 unspecified atom stereocenters. The van der Waals surface area contributed by atoms with Crippen LogP contribution < -0.4 is 4.74 Å². The highest BCUT2D eigenvalue weighted by atomic mass is 35.5. The largest absolute Gasteiger partial charge is 0.491 e. The van der Waals surface area contributed by atoms with Gasteiger partial charge in [-0.3, -0.25) is 0 Å². The van der Waals surface area contributed by atoms with Gasteiger partial charge in [0.05, 0.1) is 11.1 Å². The molecule has 0 fully saturated rings. The predicted molar refractivity (Wildman–Crippen MR) is 137 cm³/mol. The number of benzene rings is 2. The predicted octanol–water partition coefficient (Wildman–Crippen LogP) is 6.21. The summed E-state index contributed by atoms with van der Waals surface area (Å²) in [5.41, 5.74) is 3.46. The molecule has 0 saturated heterocycles. The van der Waals surface area contributed by atoms with E-state index in [1.807, 2.05) is 45.0 Å². The second kappa shape index (κ2) is 11.1. The summed E-state index contributed by atoms with van der Waals surface area (Å²) >= 11 is 7.77. The lowest BCUT2D eigenvalue weighted by atomic mass is 9.97. The van der Waals surface area contributed by atoms with Gasteiger partial charge in [0.25, 0.3) is 0 Å². The lowest BCUT2D eigenvalue weighted by molar-refractivity contribution is -0.203. The molecule has 7 nitrogen and oxygen atoms in total. The molecule has 0 saturated carbocycles. The minimum Gasteiger partial charge on any atom is -0.489 e. The van der Waals surface area contributed by atoms with Crippen LogP contribution in [0.1, 0.15) is 31.9 Å². The minimum atomic E-state index is -5.24. The highest BCUT2D eigenvalue weighted by Crippen LogP contribution is 2.37. The summed E-state index contributed by atoms with van der Waals surface area (Å²) in [5.74, 6) is -3.23. The Kier molecular flexibility index (Phi) is 8.08. The monoisotopic (exact) mass is 565 g/mol. The van der Waals surface area contributed by atoms with Crippen molar-refractivity contribution < 1.29 is 32.2 Å². The van der Waals surface area contributed by atoms with Gasteiger partial charge >= 0.3 is 18.1 Å². The van der Waals surface area contributed by atoms with E-state index in [0.717, 1.165) is 22.3 Å². The van der Waals surface area contributed by atoms with Crippen molar-refractivity contribution in [1.82, 2.24) is 15.1 Å². The van der Waals surface area contributed by atoms with Crippen LogP contribution in [-0.4, -0.2) is 45.4 Å². The molecule has 0 bridgehead atoms. The Bertz CT molecular complexity index is 1390. The number of hydrogen-bond donors (Lipinski definition) is 0. The van der Waals surface area contributed by atoms with Crippen LogP contribution in [0, 0.1) is 0 Å². The third kappa shape index (κ3) is 5.99. The van der Waals surface area contributed by atoms with Crippen LogP contribution in [-0.2, 0) is 27.3 Å². The average molecular weight is 566 g/mol. The van der Waals surface area contributed by atoms with Gasteiger partial charge in [-0.25, -0.2) is 9.59 Å². The zero-order valence-electron chi connectivity index (χ0n) is 20.6. The van der Waals surface area contributed by atoms with Crippen LogP contribution in [0.5, 0.6) is 5.75 Å². The fraction of sp³-hybridized carbons (Fsp3) is 0.308. The lowest BCUT2D eigenvalue weighted by Gasteiger charge is -2.34. The van der Waals surface area contributed by atoms with Gasteiger partial charge in [0, 0.05) is 17.7 Å². The molecule has 4 rings (SSSR count). The second-order valence-corrected chi connectivity index (χ2v) is 10.1. The summed E-state index contributed by atoms with van der Waals surface area (Å²) in [6.45, 7) is 6.03. The first-order valence-electron chi connectivity index (χ1n) is 11.7. The Morgan fingerprint density at radius 1 is 1.16 bits per heavy atom. The van der Waals surface area contributed by atoms with Crippen molar-refractivity contribution in [3.05, 3.63) is 64.8 Å². The van der Waals surface area contributed by atoms with Crippen molar-refractivity contribution in [2.75, 3.05) is 0 Å². The Morgan fingerprint density at radius 3 is 2.50 bits per heavy atom. The second-order valence-electron chi connectivity index (χ2n) is 8.69. The number of carbonyl (C=O) groups excluding carboxylic acids is 2. The van der Waals surface area contributed by atoms with E-state index in [-0.39, 0.29) is 12.6 Å². The third-order valence-electron chi connectivity index (χ3n) is 5.66. The van der Waals surface area contributed by atoms with Crippen LogP contribution in [0.15, 0.2) is 48.7 Å². The van der Waals surface area contributed by atoms with Gasteiger partial charge < -0.3 is 14.4 Å². The van der Waals surface area contributed by atoms with Crippen molar-refractivity contribution in [2.24, 2.45) is 0 Å². The van der Waals surface area contributed by atoms with Crippen LogP contribution in [0.2, 0.25) is 5.02 Å². The maximum Gasteiger partial charge on any atom is 0.491 e. The molecule has 200 valence electrons. The normalized spacial score (nSPS) is 14.9. The summed E-state index contributed by atoms with van der Waals surface area (Å²) in [5, 5.41) is 10.5. The maximum atomic E-state index is 12.5. The van der Waals surface area contributed by atoms with Gasteiger partial charge in [-0.2, -0.15) is 13.2 Å². The van der Waals surface area contributed by atoms with E-state index < -0.39 is 24.2 Å². The minimum absolute atomic E-state index is 0.0127. The topological polar surface area (TPSA) is 81.6 Å². The van der Waals surface area contributed by atoms with E-state index in [1.54, 1.807) is 18.3 Å². The van der Waals surface area contributed by atoms with Crippen molar-refractivity contribution in [3.63, 3.8) is 0 Å². The molecule has 0 spiro atoms. The van der Waals surface area contributed by atoms with Crippen LogP contribution >= 0.6 is 22.9 Å². The number of aromatic nitrogens is 2. The fourth-order valence-electron chi connectivity index (χ4n) is 3.90. The van der Waals surface area contributed by atoms with Gasteiger partial charge in [0.2, 0.25) is 0 Å². The van der Waals surface area contributed by atoms with Crippen LogP contribution in [0.4, 0.5) is 13.2 Å². The molecule has 38 heavy (non-hydrogen) atoms. The first-order chi connectivity index (χ1) is 18.0. The Balaban J connectivity index is 1.53. The summed E-state index contributed by atoms with van der Waals surface area (Å²) < 4.78 is 47.0. The molecule has 3 aromatic rings. The quantitative estimate of drug-likeness (QED) is 0.237. The van der Waals surface area contributed by atoms with Crippen molar-refractivity contribution >= 4 is 34.9 Å². The Morgan fingerprint density at radius 2 is 1.89 bits per heavy atom. The average Bonchev–Trinajstić information content (AvgIpc) is 3.32. The zero-order valence-corrected chi connectivity index (χ0v) is 22.2. The number of esters is 2. The number of ether oxygens (including phenoxy) is 2. The molecule has 2 aromatic carbocycles. The molecular formula is C26H23ClF3N3O4S. The van der Waals surface area contributed by atoms with E-state index in [4.69, 9.17) is 16.3 Å². The molecule has 0 amide bonds. The summed E-state index contributed by atoms with van der Waals surface area (Å²) in [7, 11) is 0. The van der Waals surface area contributed by atoms with E-state index in [9.17, 15) is 22.8 Å². The maximum absolute atomic E-state index is 12.5. The molecule has 1 aliphatic heterocycles. The van der Waals surface area contributed by atoms with Crippen LogP contribution in [0.25, 0.3) is 21.1 Å². The SMILES string of the molecule is CCc1c(CN2C=CC2C(=O)OC(=O)C(F)(F)F)cccc1-c1nnc(-c2ccc(OC(C)C)c(Cl)c2)s1. The number of halogens is 4. The summed E-state index contributed by atoms with van der Waals surface area (Å²) in [6.07, 6.45) is -1.68. The molecule has 0 aliphatic carbocycles. The standard InChI is InChI=1S/C26H23ClF3N3O4S/c1-4-17-16(13-33-11-10-20(33)24(34)37-25(35)26(28,29)30)6-5-7-18(17)23-32-31-22(38-23)15-8-9-21(19(27)12-15)36-14(2)3/h5-12,14,20H,4,13H2,1-3H3. The van der Waals surface area contributed by atoms with Crippen molar-refractivity contribution in [2.45, 2.75) is 52.1 Å². The van der Waals surface area contributed by atoms with Crippen LogP contribution in [0.3, 0.4) is 0 Å². The van der Waals surface area contributed by atoms with E-state index in [0.29, 0.717) is 27.2 Å². The summed E-state index contributed by atoms with van der Waals surface area (Å²) in [4.78, 5) is 24.6. The van der Waals surface area contributed by atoms with E-state index in [2.05, 4.69) is 14.9 Å². The first-order valence-corrected chi connectivity index (χ1v) is 12.9. The van der Waals surface area contributed by atoms with Gasteiger partial charge in [-0.1, -0.05) is 48.1 Å². The Labute approximate surface area is 225 Å². The first kappa shape index (κ1) is 27.6. The number of rotatable bonds is 8. The molecule has 0 radical (unpaired) electrons. The smallest absolute Gasteiger partial charge is 0.489 e. The molecule has 1 aromatic heterocycles. The Hall–Kier alpha value is -3.44. The number of nitrogens with zero attached hydrogens (tertiary/aromatic N) is 3. The van der Waals surface area contributed by atoms with E-state index in [1.165, 1.54) is 22.3 Å². The highest BCUT2D eigenvalue weighted by molar-refractivity contribution is 7.17. The van der Waals surface area contributed by atoms with Gasteiger partial charge in [-0.05, 0) is 61.9 Å². The number of hydrogen-bond acceptors (Lipinski definition) is 8. The lowest BCUT2D eigenvalue weighted by Crippen LogP contribution is -2.45. The van der Waals surface area contributed by atoms with Gasteiger partial charge in [0.1, 0.15) is 21.8 Å². The number of alkyl halides is 3. The van der Waals surface area contributed by atoms with E-state index >= 15 is 0 Å². The zero-order chi connectivity index (χ0) is 27.6. The molecular weight excluding hydrogens is 543 g/mol. The van der Waals surface area contributed by atoms with Crippen molar-refractivity contribution in [3.8, 4) is 26.9 Å². The molecule has 0 N–H and O–H groups in total. The molecule has 1 atom stereocenters. The molecule has 2 heterocycles. The van der Waals surface area contributed by atoms with Gasteiger partial charge in [-0.15, -0.1) is 10.2 Å². The van der Waals surface area contributed by atoms with Gasteiger partial charge in [0.15, 0.2) is 0 Å².